The number of likely N-dealkylation sites (N-methyl/N-ethyl adjacent to an activating group) is 2. The topological polar surface area (TPSA) is 97.6 Å². The molecule has 12 heteroatoms. The molecule has 0 saturated carbocycles. The summed E-state index contributed by atoms with van der Waals surface area (Å²) in [5.41, 5.74) is 3.60. The molecular formula is C31H29ClFN7O3. The van der Waals surface area contributed by atoms with Crippen molar-refractivity contribution in [3.63, 3.8) is 0 Å². The van der Waals surface area contributed by atoms with Gasteiger partial charge in [-0.2, -0.15) is 9.97 Å². The van der Waals surface area contributed by atoms with Crippen LogP contribution in [0.3, 0.4) is 0 Å². The molecule has 0 radical (unpaired) electrons. The maximum Gasteiger partial charge on any atom is 0.253 e. The Bertz CT molecular complexity index is 1780. The van der Waals surface area contributed by atoms with E-state index < -0.39 is 0 Å². The number of anilines is 2. The largest absolute Gasteiger partial charge is 0.454 e. The average molecular weight is 602 g/mol. The average Bonchev–Trinajstić information content (AvgIpc) is 3.66. The lowest BCUT2D eigenvalue weighted by atomic mass is 10.2. The second-order valence-electron chi connectivity index (χ2n) is 10.2. The summed E-state index contributed by atoms with van der Waals surface area (Å²) in [7, 11) is 3.58. The molecule has 2 aromatic heterocycles. The summed E-state index contributed by atoms with van der Waals surface area (Å²) in [5.74, 6) is 1.87. The summed E-state index contributed by atoms with van der Waals surface area (Å²) >= 11 is 6.45. The van der Waals surface area contributed by atoms with Gasteiger partial charge in [-0.3, -0.25) is 4.79 Å². The number of rotatable bonds is 10. The zero-order valence-corrected chi connectivity index (χ0v) is 24.4. The molecule has 3 heterocycles. The Kier molecular flexibility index (Phi) is 7.97. The number of ether oxygens (including phenoxy) is 2. The van der Waals surface area contributed by atoms with Crippen molar-refractivity contribution in [2.24, 2.45) is 0 Å². The number of hydrogen-bond acceptors (Lipinski definition) is 8. The van der Waals surface area contributed by atoms with E-state index >= 15 is 0 Å². The van der Waals surface area contributed by atoms with Gasteiger partial charge in [-0.05, 0) is 53.6 Å². The molecule has 220 valence electrons. The molecule has 0 bridgehead atoms. The SMILES string of the molecule is CN(CCN(C)c1nc(NCc2ccc3c(c2)OCO3)c2ncn(Cc3ccccc3Cl)c2n1)C(=O)c1ccc(F)cc1. The van der Waals surface area contributed by atoms with Crippen LogP contribution in [0.4, 0.5) is 16.2 Å². The molecule has 1 amide bonds. The number of carbonyl (C=O) groups is 1. The predicted octanol–water partition coefficient (Wildman–Crippen LogP) is 5.22. The highest BCUT2D eigenvalue weighted by molar-refractivity contribution is 6.31. The Morgan fingerprint density at radius 2 is 1.81 bits per heavy atom. The summed E-state index contributed by atoms with van der Waals surface area (Å²) < 4.78 is 26.2. The predicted molar refractivity (Wildman–Crippen MR) is 162 cm³/mol. The lowest BCUT2D eigenvalue weighted by Gasteiger charge is -2.23. The normalized spacial score (nSPS) is 12.0. The van der Waals surface area contributed by atoms with E-state index in [2.05, 4.69) is 10.3 Å². The van der Waals surface area contributed by atoms with Gasteiger partial charge >= 0.3 is 0 Å². The van der Waals surface area contributed by atoms with Crippen molar-refractivity contribution >= 4 is 40.4 Å². The molecule has 6 rings (SSSR count). The molecule has 1 N–H and O–H groups in total. The van der Waals surface area contributed by atoms with Gasteiger partial charge in [-0.1, -0.05) is 35.9 Å². The maximum atomic E-state index is 13.3. The molecule has 10 nitrogen and oxygen atoms in total. The monoisotopic (exact) mass is 601 g/mol. The maximum absolute atomic E-state index is 13.3. The number of fused-ring (bicyclic) bond motifs is 2. The van der Waals surface area contributed by atoms with E-state index in [0.29, 0.717) is 65.4 Å². The van der Waals surface area contributed by atoms with Gasteiger partial charge in [0.2, 0.25) is 12.7 Å². The van der Waals surface area contributed by atoms with Crippen molar-refractivity contribution < 1.29 is 18.7 Å². The summed E-state index contributed by atoms with van der Waals surface area (Å²) in [6.07, 6.45) is 1.73. The first kappa shape index (κ1) is 28.2. The van der Waals surface area contributed by atoms with Gasteiger partial charge in [0.05, 0.1) is 12.9 Å². The number of aromatic nitrogens is 4. The van der Waals surface area contributed by atoms with E-state index in [4.69, 9.17) is 31.0 Å². The summed E-state index contributed by atoms with van der Waals surface area (Å²) in [5, 5.41) is 4.08. The second-order valence-corrected chi connectivity index (χ2v) is 10.6. The quantitative estimate of drug-likeness (QED) is 0.233. The molecule has 0 saturated heterocycles. The fourth-order valence-electron chi connectivity index (χ4n) is 4.70. The molecular weight excluding hydrogens is 573 g/mol. The van der Waals surface area contributed by atoms with E-state index in [0.717, 1.165) is 16.9 Å². The van der Waals surface area contributed by atoms with Gasteiger partial charge in [-0.25, -0.2) is 9.37 Å². The zero-order valence-electron chi connectivity index (χ0n) is 23.6. The molecule has 0 atom stereocenters. The van der Waals surface area contributed by atoms with Crippen LogP contribution < -0.4 is 19.7 Å². The van der Waals surface area contributed by atoms with Gasteiger partial charge in [0.1, 0.15) is 5.82 Å². The minimum Gasteiger partial charge on any atom is -0.454 e. The third kappa shape index (κ3) is 6.17. The standard InChI is InChI=1S/C31H29ClFN7O3/c1-38(30(41)21-8-10-23(33)11-9-21)13-14-39(2)31-36-28(34-16-20-7-12-25-26(15-20)43-19-42-25)27-29(37-31)40(18-35-27)17-22-5-3-4-6-24(22)32/h3-12,15,18H,13-14,16-17,19H2,1-2H3,(H,34,36,37). The number of nitrogens with one attached hydrogen (secondary N) is 1. The van der Waals surface area contributed by atoms with Crippen LogP contribution in [0.25, 0.3) is 11.2 Å². The molecule has 1 aliphatic rings. The minimum absolute atomic E-state index is 0.200. The first-order valence-electron chi connectivity index (χ1n) is 13.7. The van der Waals surface area contributed by atoms with Gasteiger partial charge in [0.25, 0.3) is 5.91 Å². The van der Waals surface area contributed by atoms with Crippen molar-refractivity contribution in [1.82, 2.24) is 24.4 Å². The Hall–Kier alpha value is -4.90. The molecule has 0 unspecified atom stereocenters. The second kappa shape index (κ2) is 12.1. The van der Waals surface area contributed by atoms with Crippen LogP contribution in [-0.2, 0) is 13.1 Å². The molecule has 43 heavy (non-hydrogen) atoms. The van der Waals surface area contributed by atoms with Gasteiger partial charge in [0.15, 0.2) is 28.5 Å². The van der Waals surface area contributed by atoms with Gasteiger partial charge in [0, 0.05) is 44.3 Å². The molecule has 0 aliphatic carbocycles. The molecule has 3 aromatic carbocycles. The number of imidazole rings is 1. The Morgan fingerprint density at radius 3 is 2.63 bits per heavy atom. The summed E-state index contributed by atoms with van der Waals surface area (Å²) in [4.78, 5) is 30.6. The fraction of sp³-hybridized carbons (Fsp3) is 0.226. The highest BCUT2D eigenvalue weighted by Gasteiger charge is 2.19. The summed E-state index contributed by atoms with van der Waals surface area (Å²) in [6.45, 7) is 2.01. The van der Waals surface area contributed by atoms with E-state index in [1.807, 2.05) is 59.0 Å². The van der Waals surface area contributed by atoms with Crippen LogP contribution >= 0.6 is 11.6 Å². The Morgan fingerprint density at radius 1 is 1.02 bits per heavy atom. The zero-order chi connectivity index (χ0) is 29.9. The molecule has 1 aliphatic heterocycles. The lowest BCUT2D eigenvalue weighted by Crippen LogP contribution is -2.35. The highest BCUT2D eigenvalue weighted by Crippen LogP contribution is 2.33. The highest BCUT2D eigenvalue weighted by atomic mass is 35.5. The number of carbonyl (C=O) groups excluding carboxylic acids is 1. The van der Waals surface area contributed by atoms with Crippen molar-refractivity contribution in [2.45, 2.75) is 13.1 Å². The Labute approximate surface area is 252 Å². The van der Waals surface area contributed by atoms with E-state index in [9.17, 15) is 9.18 Å². The van der Waals surface area contributed by atoms with Crippen LogP contribution in [0, 0.1) is 5.82 Å². The lowest BCUT2D eigenvalue weighted by molar-refractivity contribution is 0.0798. The van der Waals surface area contributed by atoms with Crippen molar-refractivity contribution in [3.05, 3.63) is 101 Å². The van der Waals surface area contributed by atoms with Crippen LogP contribution in [0.1, 0.15) is 21.5 Å². The first-order valence-corrected chi connectivity index (χ1v) is 14.0. The third-order valence-electron chi connectivity index (χ3n) is 7.20. The number of benzene rings is 3. The van der Waals surface area contributed by atoms with Crippen LogP contribution in [0.2, 0.25) is 5.02 Å². The van der Waals surface area contributed by atoms with Crippen LogP contribution in [0.15, 0.2) is 73.1 Å². The van der Waals surface area contributed by atoms with Crippen molar-refractivity contribution in [3.8, 4) is 11.5 Å². The molecule has 5 aromatic rings. The smallest absolute Gasteiger partial charge is 0.253 e. The fourth-order valence-corrected chi connectivity index (χ4v) is 4.90. The van der Waals surface area contributed by atoms with Gasteiger partial charge < -0.3 is 29.2 Å². The molecule has 0 fully saturated rings. The number of nitrogens with zero attached hydrogens (tertiary/aromatic N) is 6. The third-order valence-corrected chi connectivity index (χ3v) is 7.57. The van der Waals surface area contributed by atoms with E-state index in [1.54, 1.807) is 18.3 Å². The summed E-state index contributed by atoms with van der Waals surface area (Å²) in [6, 6.07) is 19.0. The van der Waals surface area contributed by atoms with Crippen molar-refractivity contribution in [1.29, 1.82) is 0 Å². The van der Waals surface area contributed by atoms with Crippen molar-refractivity contribution in [2.75, 3.05) is 44.2 Å². The van der Waals surface area contributed by atoms with Crippen LogP contribution in [-0.4, -0.2) is 64.3 Å². The number of amides is 1. The van der Waals surface area contributed by atoms with Crippen LogP contribution in [0.5, 0.6) is 11.5 Å². The first-order chi connectivity index (χ1) is 20.9. The number of hydrogen-bond donors (Lipinski definition) is 1. The van der Waals surface area contributed by atoms with E-state index in [1.165, 1.54) is 24.3 Å². The Balaban J connectivity index is 1.25. The minimum atomic E-state index is -0.386. The molecule has 0 spiro atoms. The van der Waals surface area contributed by atoms with Gasteiger partial charge in [-0.15, -0.1) is 0 Å². The van der Waals surface area contributed by atoms with E-state index in [-0.39, 0.29) is 18.5 Å². The number of halogens is 2.